The molecule has 0 aliphatic carbocycles. The summed E-state index contributed by atoms with van der Waals surface area (Å²) in [6.07, 6.45) is 1.03. The first-order chi connectivity index (χ1) is 7.18. The van der Waals surface area contributed by atoms with Crippen molar-refractivity contribution in [2.24, 2.45) is 0 Å². The van der Waals surface area contributed by atoms with Crippen LogP contribution in [0.4, 0.5) is 10.1 Å². The number of aromatic carboxylic acids is 1. The Morgan fingerprint density at radius 1 is 1.53 bits per heavy atom. The Morgan fingerprint density at radius 3 is 2.87 bits per heavy atom. The first-order valence-corrected chi connectivity index (χ1v) is 5.56. The van der Waals surface area contributed by atoms with Gasteiger partial charge in [0.15, 0.2) is 0 Å². The third-order valence-corrected chi connectivity index (χ3v) is 3.38. The molecule has 1 saturated heterocycles. The minimum atomic E-state index is -1.10. The van der Waals surface area contributed by atoms with Crippen molar-refractivity contribution in [2.75, 3.05) is 16.6 Å². The molecule has 1 aliphatic heterocycles. The van der Waals surface area contributed by atoms with Crippen LogP contribution >= 0.6 is 11.9 Å². The van der Waals surface area contributed by atoms with Gasteiger partial charge in [-0.25, -0.2) is 9.18 Å². The highest BCUT2D eigenvalue weighted by Crippen LogP contribution is 2.30. The molecule has 0 unspecified atom stereocenters. The number of halogens is 1. The van der Waals surface area contributed by atoms with Gasteiger partial charge in [-0.3, -0.25) is 0 Å². The molecule has 0 amide bonds. The van der Waals surface area contributed by atoms with Gasteiger partial charge in [-0.15, -0.1) is 0 Å². The summed E-state index contributed by atoms with van der Waals surface area (Å²) in [4.78, 5) is 10.6. The molecule has 1 aliphatic rings. The fourth-order valence-electron chi connectivity index (χ4n) is 1.48. The Hall–Kier alpha value is -1.23. The molecule has 80 valence electrons. The van der Waals surface area contributed by atoms with Crippen LogP contribution in [0.2, 0.25) is 0 Å². The fourth-order valence-corrected chi connectivity index (χ4v) is 2.50. The van der Waals surface area contributed by atoms with Gasteiger partial charge in [0.05, 0.1) is 11.3 Å². The van der Waals surface area contributed by atoms with Gasteiger partial charge in [-0.2, -0.15) is 0 Å². The minimum Gasteiger partial charge on any atom is -0.478 e. The van der Waals surface area contributed by atoms with Crippen LogP contribution in [0.25, 0.3) is 0 Å². The van der Waals surface area contributed by atoms with Crippen LogP contribution in [0.15, 0.2) is 18.2 Å². The van der Waals surface area contributed by atoms with Gasteiger partial charge in [0.2, 0.25) is 0 Å². The number of rotatable bonds is 2. The standard InChI is InChI=1S/C10H10FNO2S/c11-8-6-7(10(13)14)2-3-9(8)12-4-1-5-15-12/h2-3,6H,1,4-5H2,(H,13,14). The quantitative estimate of drug-likeness (QED) is 0.787. The number of nitrogens with zero attached hydrogens (tertiary/aromatic N) is 1. The predicted octanol–water partition coefficient (Wildman–Crippen LogP) is 2.38. The van der Waals surface area contributed by atoms with Crippen molar-refractivity contribution < 1.29 is 14.3 Å². The summed E-state index contributed by atoms with van der Waals surface area (Å²) in [5.74, 6) is -0.584. The third kappa shape index (κ3) is 2.07. The number of hydrogen-bond acceptors (Lipinski definition) is 3. The van der Waals surface area contributed by atoms with Crippen LogP contribution < -0.4 is 4.31 Å². The number of benzene rings is 1. The van der Waals surface area contributed by atoms with Gasteiger partial charge in [-0.05, 0) is 36.6 Å². The smallest absolute Gasteiger partial charge is 0.335 e. The van der Waals surface area contributed by atoms with E-state index in [0.29, 0.717) is 5.69 Å². The maximum Gasteiger partial charge on any atom is 0.335 e. The molecule has 0 bridgehead atoms. The molecule has 0 aromatic heterocycles. The van der Waals surface area contributed by atoms with E-state index in [1.54, 1.807) is 11.9 Å². The predicted molar refractivity (Wildman–Crippen MR) is 57.8 cm³/mol. The summed E-state index contributed by atoms with van der Waals surface area (Å²) in [5.41, 5.74) is 0.461. The second-order valence-electron chi connectivity index (χ2n) is 3.26. The second-order valence-corrected chi connectivity index (χ2v) is 4.37. The molecule has 1 N–H and O–H groups in total. The van der Waals surface area contributed by atoms with Crippen molar-refractivity contribution in [1.29, 1.82) is 0 Å². The topological polar surface area (TPSA) is 40.5 Å². The van der Waals surface area contributed by atoms with E-state index >= 15 is 0 Å². The molecule has 5 heteroatoms. The lowest BCUT2D eigenvalue weighted by Crippen LogP contribution is -2.11. The van der Waals surface area contributed by atoms with E-state index < -0.39 is 11.8 Å². The maximum atomic E-state index is 13.5. The van der Waals surface area contributed by atoms with Crippen molar-refractivity contribution in [3.8, 4) is 0 Å². The summed E-state index contributed by atoms with van der Waals surface area (Å²) >= 11 is 1.57. The van der Waals surface area contributed by atoms with Crippen LogP contribution in [0.1, 0.15) is 16.8 Å². The van der Waals surface area contributed by atoms with E-state index in [9.17, 15) is 9.18 Å². The van der Waals surface area contributed by atoms with Crippen LogP contribution in [-0.4, -0.2) is 23.4 Å². The van der Waals surface area contributed by atoms with E-state index in [2.05, 4.69) is 0 Å². The van der Waals surface area contributed by atoms with Crippen LogP contribution in [-0.2, 0) is 0 Å². The van der Waals surface area contributed by atoms with Gasteiger partial charge < -0.3 is 9.41 Å². The molecule has 3 nitrogen and oxygen atoms in total. The molecule has 1 aromatic rings. The van der Waals surface area contributed by atoms with E-state index in [1.807, 2.05) is 4.31 Å². The molecule has 2 rings (SSSR count). The highest BCUT2D eigenvalue weighted by atomic mass is 32.2. The largest absolute Gasteiger partial charge is 0.478 e. The Morgan fingerprint density at radius 2 is 2.33 bits per heavy atom. The van der Waals surface area contributed by atoms with Gasteiger partial charge in [0, 0.05) is 12.3 Å². The molecule has 0 atom stereocenters. The van der Waals surface area contributed by atoms with Crippen molar-refractivity contribution in [3.63, 3.8) is 0 Å². The average molecular weight is 227 g/mol. The van der Waals surface area contributed by atoms with Crippen molar-refractivity contribution in [1.82, 2.24) is 0 Å². The summed E-state index contributed by atoms with van der Waals surface area (Å²) in [6, 6.07) is 4.02. The maximum absolute atomic E-state index is 13.5. The van der Waals surface area contributed by atoms with Gasteiger partial charge in [-0.1, -0.05) is 0 Å². The molecule has 0 saturated carbocycles. The minimum absolute atomic E-state index is 0.0135. The fraction of sp³-hybridized carbons (Fsp3) is 0.300. The highest BCUT2D eigenvalue weighted by Gasteiger charge is 2.18. The SMILES string of the molecule is O=C(O)c1ccc(N2CCCS2)c(F)c1. The second kappa shape index (κ2) is 4.10. The molecule has 0 radical (unpaired) electrons. The van der Waals surface area contributed by atoms with Gasteiger partial charge >= 0.3 is 5.97 Å². The summed E-state index contributed by atoms with van der Waals surface area (Å²) in [6.45, 7) is 0.813. The van der Waals surface area contributed by atoms with Crippen molar-refractivity contribution in [2.45, 2.75) is 6.42 Å². The zero-order chi connectivity index (χ0) is 10.8. The Balaban J connectivity index is 2.29. The van der Waals surface area contributed by atoms with Crippen LogP contribution in [0.5, 0.6) is 0 Å². The molecular weight excluding hydrogens is 217 g/mol. The zero-order valence-electron chi connectivity index (χ0n) is 7.94. The lowest BCUT2D eigenvalue weighted by molar-refractivity contribution is 0.0696. The lowest BCUT2D eigenvalue weighted by atomic mass is 10.2. The summed E-state index contributed by atoms with van der Waals surface area (Å²) < 4.78 is 15.4. The van der Waals surface area contributed by atoms with Gasteiger partial charge in [0.1, 0.15) is 5.82 Å². The molecule has 1 fully saturated rings. The Labute approximate surface area is 91.0 Å². The first-order valence-electron chi connectivity index (χ1n) is 4.62. The van der Waals surface area contributed by atoms with Crippen molar-refractivity contribution in [3.05, 3.63) is 29.6 Å². The monoisotopic (exact) mass is 227 g/mol. The van der Waals surface area contributed by atoms with E-state index in [0.717, 1.165) is 24.8 Å². The zero-order valence-corrected chi connectivity index (χ0v) is 8.76. The molecule has 0 spiro atoms. The average Bonchev–Trinajstić information content (AvgIpc) is 2.70. The molecule has 1 aromatic carbocycles. The number of anilines is 1. The van der Waals surface area contributed by atoms with E-state index in [-0.39, 0.29) is 5.56 Å². The Bertz CT molecular complexity index is 391. The number of carbonyl (C=O) groups is 1. The van der Waals surface area contributed by atoms with Gasteiger partial charge in [0.25, 0.3) is 0 Å². The summed E-state index contributed by atoms with van der Waals surface area (Å²) in [7, 11) is 0. The molecule has 15 heavy (non-hydrogen) atoms. The first kappa shape index (κ1) is 10.3. The van der Waals surface area contributed by atoms with Crippen LogP contribution in [0.3, 0.4) is 0 Å². The summed E-state index contributed by atoms with van der Waals surface area (Å²) in [5, 5.41) is 8.68. The number of carboxylic acid groups (broad SMARTS) is 1. The highest BCUT2D eigenvalue weighted by molar-refractivity contribution is 8.00. The molecule has 1 heterocycles. The normalized spacial score (nSPS) is 15.7. The number of carboxylic acids is 1. The van der Waals surface area contributed by atoms with Crippen LogP contribution in [0, 0.1) is 5.82 Å². The Kier molecular flexibility index (Phi) is 2.81. The third-order valence-electron chi connectivity index (χ3n) is 2.22. The number of hydrogen-bond donors (Lipinski definition) is 1. The van der Waals surface area contributed by atoms with E-state index in [4.69, 9.17) is 5.11 Å². The lowest BCUT2D eigenvalue weighted by Gasteiger charge is -2.16. The molecular formula is C10H10FNO2S. The van der Waals surface area contributed by atoms with E-state index in [1.165, 1.54) is 12.1 Å². The van der Waals surface area contributed by atoms with Crippen molar-refractivity contribution >= 4 is 23.6 Å².